The highest BCUT2D eigenvalue weighted by atomic mass is 31.2. The molecule has 0 amide bonds. The van der Waals surface area contributed by atoms with Crippen molar-refractivity contribution in [1.29, 1.82) is 0 Å². The summed E-state index contributed by atoms with van der Waals surface area (Å²) in [6, 6.07) is 3.48. The molecule has 1 aromatic carbocycles. The van der Waals surface area contributed by atoms with E-state index in [0.717, 1.165) is 5.56 Å². The van der Waals surface area contributed by atoms with Gasteiger partial charge in [-0.3, -0.25) is 4.52 Å². The summed E-state index contributed by atoms with van der Waals surface area (Å²) in [5.41, 5.74) is 0.335. The second kappa shape index (κ2) is 5.89. The van der Waals surface area contributed by atoms with Crippen molar-refractivity contribution in [1.82, 2.24) is 0 Å². The number of rotatable bonds is 3. The van der Waals surface area contributed by atoms with Gasteiger partial charge in [0.05, 0.1) is 5.60 Å². The van der Waals surface area contributed by atoms with Crippen molar-refractivity contribution in [3.05, 3.63) is 28.8 Å². The Labute approximate surface area is 138 Å². The Morgan fingerprint density at radius 1 is 0.826 bits per heavy atom. The van der Waals surface area contributed by atoms with Gasteiger partial charge in [0.15, 0.2) is 0 Å². The Bertz CT molecular complexity index is 630. The summed E-state index contributed by atoms with van der Waals surface area (Å²) in [6.07, 6.45) is 0. The lowest BCUT2D eigenvalue weighted by atomic mass is 9.75. The number of phosphoric acid groups is 1. The van der Waals surface area contributed by atoms with Crippen LogP contribution >= 0.6 is 7.82 Å². The Morgan fingerprint density at radius 2 is 1.26 bits per heavy atom. The Kier molecular flexibility index (Phi) is 5.17. The molecule has 0 unspecified atom stereocenters. The number of benzene rings is 1. The van der Waals surface area contributed by atoms with Gasteiger partial charge in [-0.2, -0.15) is 0 Å². The van der Waals surface area contributed by atoms with Gasteiger partial charge < -0.3 is 14.9 Å². The molecule has 0 heterocycles. The van der Waals surface area contributed by atoms with Gasteiger partial charge in [0.2, 0.25) is 0 Å². The van der Waals surface area contributed by atoms with E-state index in [4.69, 9.17) is 4.52 Å². The quantitative estimate of drug-likeness (QED) is 0.710. The van der Waals surface area contributed by atoms with E-state index >= 15 is 0 Å². The Morgan fingerprint density at radius 3 is 1.61 bits per heavy atom. The van der Waals surface area contributed by atoms with Crippen LogP contribution < -0.4 is 0 Å². The molecule has 1 aromatic rings. The Hall–Kier alpha value is -0.870. The lowest BCUT2D eigenvalue weighted by molar-refractivity contribution is 0.0615. The van der Waals surface area contributed by atoms with Crippen molar-refractivity contribution in [2.45, 2.75) is 71.8 Å². The Balaban J connectivity index is 3.70. The van der Waals surface area contributed by atoms with Crippen molar-refractivity contribution >= 4 is 7.82 Å². The third-order valence-corrected chi connectivity index (χ3v) is 4.44. The number of phenols is 1. The van der Waals surface area contributed by atoms with E-state index in [1.165, 1.54) is 0 Å². The zero-order chi connectivity index (χ0) is 18.4. The van der Waals surface area contributed by atoms with Gasteiger partial charge in [0.1, 0.15) is 5.75 Å². The molecule has 6 heteroatoms. The highest BCUT2D eigenvalue weighted by Crippen LogP contribution is 2.48. The van der Waals surface area contributed by atoms with Crippen molar-refractivity contribution < 1.29 is 24.0 Å². The molecule has 0 fully saturated rings. The van der Waals surface area contributed by atoms with Crippen LogP contribution in [0.25, 0.3) is 0 Å². The number of phenolic OH excluding ortho intramolecular Hbond substituents is 1. The highest BCUT2D eigenvalue weighted by molar-refractivity contribution is 7.46. The normalized spacial score (nSPS) is 14.2. The minimum absolute atomic E-state index is 0.179. The summed E-state index contributed by atoms with van der Waals surface area (Å²) < 4.78 is 16.4. The van der Waals surface area contributed by atoms with E-state index in [-0.39, 0.29) is 16.6 Å². The van der Waals surface area contributed by atoms with Crippen LogP contribution in [-0.4, -0.2) is 14.9 Å². The first-order chi connectivity index (χ1) is 9.95. The maximum absolute atomic E-state index is 11.4. The minimum atomic E-state index is -4.65. The summed E-state index contributed by atoms with van der Waals surface area (Å²) >= 11 is 0. The smallest absolute Gasteiger partial charge is 0.470 e. The van der Waals surface area contributed by atoms with E-state index in [1.54, 1.807) is 26.0 Å². The van der Waals surface area contributed by atoms with Crippen LogP contribution in [-0.2, 0) is 25.5 Å². The molecule has 0 saturated carbocycles. The predicted octanol–water partition coefficient (Wildman–Crippen LogP) is 4.33. The first-order valence-electron chi connectivity index (χ1n) is 7.60. The number of hydrogen-bond donors (Lipinski definition) is 3. The standard InChI is InChI=1S/C17H29O5P/c1-15(2,3)11-10-14(18)13(16(4,5)6)9-12(11)17(7,8)22-23(19,20)21/h9-10,18H,1-8H3,(H2,19,20,21). The fourth-order valence-corrected chi connectivity index (χ4v) is 3.35. The molecular weight excluding hydrogens is 315 g/mol. The maximum Gasteiger partial charge on any atom is 0.470 e. The fourth-order valence-electron chi connectivity index (χ4n) is 2.65. The highest BCUT2D eigenvalue weighted by Gasteiger charge is 2.36. The van der Waals surface area contributed by atoms with Gasteiger partial charge in [0.25, 0.3) is 0 Å². The molecule has 0 atom stereocenters. The SMILES string of the molecule is CC(C)(C)c1cc(C(C)(C)OP(=O)(O)O)c(C(C)(C)C)cc1O. The average molecular weight is 344 g/mol. The molecule has 23 heavy (non-hydrogen) atoms. The summed E-state index contributed by atoms with van der Waals surface area (Å²) in [6.45, 7) is 15.1. The van der Waals surface area contributed by atoms with Crippen LogP contribution in [0.4, 0.5) is 0 Å². The van der Waals surface area contributed by atoms with Gasteiger partial charge >= 0.3 is 7.82 Å². The molecule has 132 valence electrons. The largest absolute Gasteiger partial charge is 0.508 e. The molecule has 0 aliphatic rings. The molecule has 5 nitrogen and oxygen atoms in total. The number of hydrogen-bond acceptors (Lipinski definition) is 3. The van der Waals surface area contributed by atoms with Crippen molar-refractivity contribution in [3.63, 3.8) is 0 Å². The molecule has 0 spiro atoms. The molecular formula is C17H29O5P. The van der Waals surface area contributed by atoms with Crippen LogP contribution in [0.5, 0.6) is 5.75 Å². The third kappa shape index (κ3) is 5.05. The molecule has 0 bridgehead atoms. The van der Waals surface area contributed by atoms with Crippen molar-refractivity contribution in [2.24, 2.45) is 0 Å². The summed E-state index contributed by atoms with van der Waals surface area (Å²) in [4.78, 5) is 18.5. The van der Waals surface area contributed by atoms with Gasteiger partial charge in [-0.05, 0) is 53.5 Å². The van der Waals surface area contributed by atoms with Crippen LogP contribution in [0, 0.1) is 0 Å². The first-order valence-corrected chi connectivity index (χ1v) is 9.13. The van der Waals surface area contributed by atoms with Gasteiger partial charge in [0, 0.05) is 0 Å². The number of aromatic hydroxyl groups is 1. The maximum atomic E-state index is 11.4. The summed E-state index contributed by atoms with van der Waals surface area (Å²) in [5, 5.41) is 10.4. The van der Waals surface area contributed by atoms with E-state index < -0.39 is 13.4 Å². The monoisotopic (exact) mass is 344 g/mol. The molecule has 3 N–H and O–H groups in total. The molecule has 0 aliphatic carbocycles. The minimum Gasteiger partial charge on any atom is -0.508 e. The van der Waals surface area contributed by atoms with Crippen LogP contribution in [0.3, 0.4) is 0 Å². The van der Waals surface area contributed by atoms with Crippen molar-refractivity contribution in [2.75, 3.05) is 0 Å². The lowest BCUT2D eigenvalue weighted by Gasteiger charge is -2.34. The average Bonchev–Trinajstić information content (AvgIpc) is 2.21. The zero-order valence-electron chi connectivity index (χ0n) is 15.3. The summed E-state index contributed by atoms with van der Waals surface area (Å²) in [7, 11) is -4.65. The fraction of sp³-hybridized carbons (Fsp3) is 0.647. The molecule has 0 radical (unpaired) electrons. The molecule has 0 aliphatic heterocycles. The molecule has 0 saturated heterocycles. The van der Waals surface area contributed by atoms with Crippen LogP contribution in [0.15, 0.2) is 12.1 Å². The lowest BCUT2D eigenvalue weighted by Crippen LogP contribution is -2.27. The predicted molar refractivity (Wildman–Crippen MR) is 91.7 cm³/mol. The summed E-state index contributed by atoms with van der Waals surface area (Å²) in [5.74, 6) is 0.179. The van der Waals surface area contributed by atoms with Crippen LogP contribution in [0.1, 0.15) is 72.1 Å². The van der Waals surface area contributed by atoms with Gasteiger partial charge in [-0.15, -0.1) is 0 Å². The van der Waals surface area contributed by atoms with Gasteiger partial charge in [-0.25, -0.2) is 4.57 Å². The zero-order valence-corrected chi connectivity index (χ0v) is 16.2. The molecule has 1 rings (SSSR count). The van der Waals surface area contributed by atoms with E-state index in [2.05, 4.69) is 0 Å². The third-order valence-electron chi connectivity index (χ3n) is 3.75. The van der Waals surface area contributed by atoms with Crippen molar-refractivity contribution in [3.8, 4) is 5.75 Å². The number of phosphoric ester groups is 1. The van der Waals surface area contributed by atoms with Crippen LogP contribution in [0.2, 0.25) is 0 Å². The first kappa shape index (κ1) is 20.2. The second-order valence-corrected chi connectivity index (χ2v) is 9.67. The van der Waals surface area contributed by atoms with E-state index in [9.17, 15) is 19.5 Å². The molecule has 0 aromatic heterocycles. The topological polar surface area (TPSA) is 87.0 Å². The van der Waals surface area contributed by atoms with E-state index in [0.29, 0.717) is 11.1 Å². The second-order valence-electron chi connectivity index (χ2n) is 8.51. The van der Waals surface area contributed by atoms with E-state index in [1.807, 2.05) is 41.5 Å². The van der Waals surface area contributed by atoms with Gasteiger partial charge in [-0.1, -0.05) is 41.5 Å².